The summed E-state index contributed by atoms with van der Waals surface area (Å²) in [5.41, 5.74) is 2.15. The van der Waals surface area contributed by atoms with Crippen molar-refractivity contribution in [2.45, 2.75) is 46.8 Å². The summed E-state index contributed by atoms with van der Waals surface area (Å²) in [7, 11) is 0. The lowest BCUT2D eigenvalue weighted by Gasteiger charge is -2.15. The molecule has 0 radical (unpaired) electrons. The summed E-state index contributed by atoms with van der Waals surface area (Å²) < 4.78 is 3.78. The summed E-state index contributed by atoms with van der Waals surface area (Å²) in [6, 6.07) is -0.265. The van der Waals surface area contributed by atoms with Crippen molar-refractivity contribution in [3.8, 4) is 0 Å². The number of aryl methyl sites for hydroxylation is 2. The van der Waals surface area contributed by atoms with E-state index in [-0.39, 0.29) is 11.9 Å². The molecule has 2 aromatic rings. The van der Waals surface area contributed by atoms with Crippen LogP contribution in [-0.4, -0.2) is 25.2 Å². The number of rotatable bonds is 5. The number of carbonyl (C=O) groups excluding carboxylic acids is 1. The molecule has 6 heteroatoms. The number of hydrogen-bond acceptors (Lipinski definition) is 3. The molecule has 0 aliphatic carbocycles. The largest absolute Gasteiger partial charge is 0.350 e. The highest BCUT2D eigenvalue weighted by Crippen LogP contribution is 2.10. The normalized spacial score (nSPS) is 12.4. The van der Waals surface area contributed by atoms with Crippen LogP contribution in [0.25, 0.3) is 0 Å². The van der Waals surface area contributed by atoms with Gasteiger partial charge >= 0.3 is 0 Å². The van der Waals surface area contributed by atoms with Gasteiger partial charge < -0.3 is 9.88 Å². The van der Waals surface area contributed by atoms with E-state index in [0.717, 1.165) is 23.6 Å². The molecule has 2 rings (SSSR count). The lowest BCUT2D eigenvalue weighted by molar-refractivity contribution is -0.124. The standard InChI is InChI=1S/C14H21N5O/c1-5-19-10(2)13(9-17-19)8-16-14(20)11(3)18-7-6-15-12(18)4/h6-7,9,11H,5,8H2,1-4H3,(H,16,20)/t11-/m1/s1. The van der Waals surface area contributed by atoms with Gasteiger partial charge in [-0.1, -0.05) is 0 Å². The van der Waals surface area contributed by atoms with Gasteiger partial charge in [0.1, 0.15) is 11.9 Å². The van der Waals surface area contributed by atoms with Crippen molar-refractivity contribution >= 4 is 5.91 Å². The molecule has 0 aliphatic rings. The number of nitrogens with zero attached hydrogens (tertiary/aromatic N) is 4. The van der Waals surface area contributed by atoms with Crippen molar-refractivity contribution in [2.75, 3.05) is 0 Å². The molecule has 0 aromatic carbocycles. The van der Waals surface area contributed by atoms with Crippen LogP contribution in [0, 0.1) is 13.8 Å². The zero-order valence-corrected chi connectivity index (χ0v) is 12.4. The maximum Gasteiger partial charge on any atom is 0.243 e. The van der Waals surface area contributed by atoms with E-state index in [9.17, 15) is 4.79 Å². The molecular weight excluding hydrogens is 254 g/mol. The highest BCUT2D eigenvalue weighted by atomic mass is 16.2. The fourth-order valence-corrected chi connectivity index (χ4v) is 2.23. The lowest BCUT2D eigenvalue weighted by atomic mass is 10.2. The number of carbonyl (C=O) groups is 1. The summed E-state index contributed by atoms with van der Waals surface area (Å²) in [6.45, 7) is 9.16. The molecule has 1 amide bonds. The van der Waals surface area contributed by atoms with Crippen LogP contribution in [0.2, 0.25) is 0 Å². The number of imidazole rings is 1. The van der Waals surface area contributed by atoms with E-state index in [1.54, 1.807) is 6.20 Å². The SMILES string of the molecule is CCn1ncc(CNC(=O)[C@@H](C)n2ccnc2C)c1C. The Hall–Kier alpha value is -2.11. The summed E-state index contributed by atoms with van der Waals surface area (Å²) in [5, 5.41) is 7.22. The van der Waals surface area contributed by atoms with Gasteiger partial charge in [-0.2, -0.15) is 5.10 Å². The molecule has 6 nitrogen and oxygen atoms in total. The Morgan fingerprint density at radius 3 is 2.75 bits per heavy atom. The van der Waals surface area contributed by atoms with Crippen molar-refractivity contribution in [3.63, 3.8) is 0 Å². The minimum absolute atomic E-state index is 0.0188. The molecule has 1 atom stereocenters. The van der Waals surface area contributed by atoms with Crippen LogP contribution in [0.4, 0.5) is 0 Å². The molecular formula is C14H21N5O. The van der Waals surface area contributed by atoms with Crippen LogP contribution in [0.1, 0.15) is 37.0 Å². The van der Waals surface area contributed by atoms with E-state index in [1.807, 2.05) is 49.3 Å². The first-order valence-corrected chi connectivity index (χ1v) is 6.83. The van der Waals surface area contributed by atoms with E-state index in [4.69, 9.17) is 0 Å². The van der Waals surface area contributed by atoms with E-state index in [0.29, 0.717) is 6.54 Å². The predicted octanol–water partition coefficient (Wildman–Crippen LogP) is 1.59. The van der Waals surface area contributed by atoms with Gasteiger partial charge in [0, 0.05) is 36.7 Å². The summed E-state index contributed by atoms with van der Waals surface area (Å²) in [5.74, 6) is 0.817. The van der Waals surface area contributed by atoms with Gasteiger partial charge in [-0.25, -0.2) is 4.98 Å². The van der Waals surface area contributed by atoms with Crippen molar-refractivity contribution in [1.29, 1.82) is 0 Å². The molecule has 2 heterocycles. The second-order valence-electron chi connectivity index (χ2n) is 4.85. The second kappa shape index (κ2) is 5.90. The Balaban J connectivity index is 1.98. The van der Waals surface area contributed by atoms with E-state index in [1.165, 1.54) is 0 Å². The fraction of sp³-hybridized carbons (Fsp3) is 0.500. The lowest BCUT2D eigenvalue weighted by Crippen LogP contribution is -2.31. The van der Waals surface area contributed by atoms with Crippen molar-refractivity contribution in [3.05, 3.63) is 35.7 Å². The third-order valence-corrected chi connectivity index (χ3v) is 3.62. The fourth-order valence-electron chi connectivity index (χ4n) is 2.23. The topological polar surface area (TPSA) is 64.7 Å². The van der Waals surface area contributed by atoms with Crippen LogP contribution in [0.15, 0.2) is 18.6 Å². The molecule has 0 aliphatic heterocycles. The molecule has 1 N–H and O–H groups in total. The first-order chi connectivity index (χ1) is 9.54. The average molecular weight is 275 g/mol. The molecule has 0 spiro atoms. The molecule has 0 fully saturated rings. The summed E-state index contributed by atoms with van der Waals surface area (Å²) in [6.07, 6.45) is 5.33. The van der Waals surface area contributed by atoms with Crippen molar-refractivity contribution in [2.24, 2.45) is 0 Å². The summed E-state index contributed by atoms with van der Waals surface area (Å²) in [4.78, 5) is 16.3. The number of hydrogen-bond donors (Lipinski definition) is 1. The Bertz CT molecular complexity index is 598. The minimum Gasteiger partial charge on any atom is -0.350 e. The number of amides is 1. The molecule has 2 aromatic heterocycles. The van der Waals surface area contributed by atoms with Gasteiger partial charge in [0.25, 0.3) is 0 Å². The molecule has 0 saturated carbocycles. The average Bonchev–Trinajstić information content (AvgIpc) is 3.01. The van der Waals surface area contributed by atoms with Crippen LogP contribution in [0.3, 0.4) is 0 Å². The van der Waals surface area contributed by atoms with Crippen molar-refractivity contribution in [1.82, 2.24) is 24.6 Å². The summed E-state index contributed by atoms with van der Waals surface area (Å²) >= 11 is 0. The van der Waals surface area contributed by atoms with Crippen LogP contribution in [-0.2, 0) is 17.9 Å². The van der Waals surface area contributed by atoms with E-state index >= 15 is 0 Å². The Kier molecular flexibility index (Phi) is 4.22. The number of nitrogens with one attached hydrogen (secondary N) is 1. The minimum atomic E-state index is -0.265. The smallest absolute Gasteiger partial charge is 0.243 e. The predicted molar refractivity (Wildman–Crippen MR) is 76.2 cm³/mol. The third kappa shape index (κ3) is 2.74. The monoisotopic (exact) mass is 275 g/mol. The Morgan fingerprint density at radius 2 is 2.20 bits per heavy atom. The molecule has 20 heavy (non-hydrogen) atoms. The van der Waals surface area contributed by atoms with Gasteiger partial charge in [0.2, 0.25) is 5.91 Å². The third-order valence-electron chi connectivity index (χ3n) is 3.62. The molecule has 0 saturated heterocycles. The first kappa shape index (κ1) is 14.3. The highest BCUT2D eigenvalue weighted by Gasteiger charge is 2.16. The molecule has 0 bridgehead atoms. The Labute approximate surface area is 118 Å². The van der Waals surface area contributed by atoms with Crippen molar-refractivity contribution < 1.29 is 4.79 Å². The maximum absolute atomic E-state index is 12.2. The van der Waals surface area contributed by atoms with Gasteiger partial charge in [0.15, 0.2) is 0 Å². The second-order valence-corrected chi connectivity index (χ2v) is 4.85. The molecule has 0 unspecified atom stereocenters. The van der Waals surface area contributed by atoms with E-state index in [2.05, 4.69) is 15.4 Å². The van der Waals surface area contributed by atoms with Crippen LogP contribution < -0.4 is 5.32 Å². The maximum atomic E-state index is 12.2. The Morgan fingerprint density at radius 1 is 1.45 bits per heavy atom. The van der Waals surface area contributed by atoms with Crippen LogP contribution in [0.5, 0.6) is 0 Å². The number of aromatic nitrogens is 4. The first-order valence-electron chi connectivity index (χ1n) is 6.83. The van der Waals surface area contributed by atoms with Gasteiger partial charge in [-0.3, -0.25) is 9.48 Å². The van der Waals surface area contributed by atoms with Crippen LogP contribution >= 0.6 is 0 Å². The zero-order valence-electron chi connectivity index (χ0n) is 12.4. The highest BCUT2D eigenvalue weighted by molar-refractivity contribution is 5.79. The zero-order chi connectivity index (χ0) is 14.7. The molecule has 108 valence electrons. The van der Waals surface area contributed by atoms with Gasteiger partial charge in [-0.05, 0) is 27.7 Å². The quantitative estimate of drug-likeness (QED) is 0.901. The van der Waals surface area contributed by atoms with Gasteiger partial charge in [-0.15, -0.1) is 0 Å². The van der Waals surface area contributed by atoms with Gasteiger partial charge in [0.05, 0.1) is 6.20 Å². The van der Waals surface area contributed by atoms with E-state index < -0.39 is 0 Å².